The Morgan fingerprint density at radius 2 is 1.59 bits per heavy atom. The number of hydrogen-bond donors (Lipinski definition) is 0. The molecule has 0 N–H and O–H groups in total. The van der Waals surface area contributed by atoms with Gasteiger partial charge in [-0.15, -0.1) is 25.6 Å². The molecule has 3 nitrogen and oxygen atoms in total. The number of rotatable bonds is 5. The Labute approximate surface area is 163 Å². The van der Waals surface area contributed by atoms with E-state index in [0.717, 1.165) is 18.7 Å². The van der Waals surface area contributed by atoms with Gasteiger partial charge in [-0.1, -0.05) is 30.3 Å². The molecule has 0 saturated carbocycles. The van der Waals surface area contributed by atoms with E-state index in [9.17, 15) is 13.2 Å². The number of hydrogen-bond acceptors (Lipinski definition) is 3. The first-order valence-electron chi connectivity index (χ1n) is 8.43. The summed E-state index contributed by atoms with van der Waals surface area (Å²) < 4.78 is 43.2. The first-order chi connectivity index (χ1) is 12.3. The van der Waals surface area contributed by atoms with Crippen molar-refractivity contribution in [2.24, 2.45) is 0 Å². The number of para-hydroxylation sites is 2. The number of alkyl halides is 3. The van der Waals surface area contributed by atoms with Crippen LogP contribution in [0.4, 0.5) is 24.5 Å². The third-order valence-corrected chi connectivity index (χ3v) is 4.19. The average molecular weight is 399 g/mol. The summed E-state index contributed by atoms with van der Waals surface area (Å²) in [7, 11) is 4.00. The topological polar surface area (TPSA) is 15.7 Å². The molecule has 2 aromatic carbocycles. The van der Waals surface area contributed by atoms with Crippen molar-refractivity contribution in [3.8, 4) is 0 Å². The van der Waals surface area contributed by atoms with Crippen molar-refractivity contribution in [2.75, 3.05) is 32.1 Å². The van der Waals surface area contributed by atoms with E-state index in [1.165, 1.54) is 6.08 Å². The molecule has 0 atom stereocenters. The zero-order chi connectivity index (χ0) is 18.7. The number of halogens is 4. The van der Waals surface area contributed by atoms with Crippen LogP contribution in [0.3, 0.4) is 0 Å². The van der Waals surface area contributed by atoms with Crippen molar-refractivity contribution in [1.82, 2.24) is 4.90 Å². The highest BCUT2D eigenvalue weighted by atomic mass is 35.5. The summed E-state index contributed by atoms with van der Waals surface area (Å²) in [4.78, 5) is 4.16. The van der Waals surface area contributed by atoms with Gasteiger partial charge in [0, 0.05) is 23.4 Å². The lowest BCUT2D eigenvalue weighted by atomic mass is 10.1. The molecular formula is C20H22ClF3N2O. The fourth-order valence-corrected chi connectivity index (χ4v) is 3.12. The summed E-state index contributed by atoms with van der Waals surface area (Å²) in [5.41, 5.74) is 2.73. The van der Waals surface area contributed by atoms with Crippen LogP contribution in [0.15, 0.2) is 48.5 Å². The molecule has 1 heterocycles. The predicted octanol–water partition coefficient (Wildman–Crippen LogP) is 5.55. The van der Waals surface area contributed by atoms with Gasteiger partial charge in [-0.2, -0.15) is 0 Å². The van der Waals surface area contributed by atoms with Gasteiger partial charge in [-0.3, -0.25) is 0 Å². The molecule has 0 fully saturated rings. The summed E-state index contributed by atoms with van der Waals surface area (Å²) in [5.74, 6) is -0.185. The highest BCUT2D eigenvalue weighted by Crippen LogP contribution is 2.41. The Morgan fingerprint density at radius 3 is 2.26 bits per heavy atom. The van der Waals surface area contributed by atoms with Crippen molar-refractivity contribution in [3.63, 3.8) is 0 Å². The highest BCUT2D eigenvalue weighted by molar-refractivity contribution is 5.92. The fourth-order valence-electron chi connectivity index (χ4n) is 3.12. The molecule has 0 radical (unpaired) electrons. The minimum Gasteiger partial charge on any atom is -0.405 e. The van der Waals surface area contributed by atoms with Crippen LogP contribution in [0.5, 0.6) is 0 Å². The van der Waals surface area contributed by atoms with Crippen molar-refractivity contribution >= 4 is 35.6 Å². The lowest BCUT2D eigenvalue weighted by molar-refractivity contribution is -0.290. The predicted molar refractivity (Wildman–Crippen MR) is 105 cm³/mol. The fraction of sp³-hybridized carbons (Fsp3) is 0.300. The summed E-state index contributed by atoms with van der Waals surface area (Å²) >= 11 is 0. The van der Waals surface area contributed by atoms with Crippen LogP contribution in [0, 0.1) is 0 Å². The van der Waals surface area contributed by atoms with E-state index in [4.69, 9.17) is 0 Å². The van der Waals surface area contributed by atoms with Gasteiger partial charge < -0.3 is 14.5 Å². The van der Waals surface area contributed by atoms with Crippen LogP contribution in [0.1, 0.15) is 17.5 Å². The minimum absolute atomic E-state index is 0. The molecule has 0 saturated heterocycles. The van der Waals surface area contributed by atoms with E-state index in [1.807, 2.05) is 44.4 Å². The van der Waals surface area contributed by atoms with Crippen molar-refractivity contribution in [3.05, 3.63) is 59.7 Å². The molecule has 1 aliphatic heterocycles. The maximum absolute atomic E-state index is 12.9. The van der Waals surface area contributed by atoms with Crippen LogP contribution in [-0.2, 0) is 4.74 Å². The lowest BCUT2D eigenvalue weighted by Crippen LogP contribution is -2.24. The Hall–Kier alpha value is -2.18. The quantitative estimate of drug-likeness (QED) is 0.657. The zero-order valence-electron chi connectivity index (χ0n) is 15.2. The average Bonchev–Trinajstić information content (AvgIpc) is 2.69. The molecule has 0 unspecified atom stereocenters. The van der Waals surface area contributed by atoms with Crippen molar-refractivity contribution in [1.29, 1.82) is 0 Å². The molecule has 7 heteroatoms. The second-order valence-electron chi connectivity index (χ2n) is 6.44. The van der Waals surface area contributed by atoms with E-state index in [0.29, 0.717) is 23.4 Å². The van der Waals surface area contributed by atoms with Gasteiger partial charge in [0.05, 0.1) is 5.69 Å². The standard InChI is InChI=1S/C20H21F3N2O.ClH/c1-24(2)12-7-13-25-17-10-5-3-8-15(17)14-19(26-20(21,22)23)16-9-4-6-11-18(16)25;/h3-6,8-11,14H,7,12-13H2,1-2H3;1H. The third kappa shape index (κ3) is 5.17. The molecule has 0 aliphatic carbocycles. The molecule has 3 rings (SSSR count). The van der Waals surface area contributed by atoms with Gasteiger partial charge in [0.25, 0.3) is 0 Å². The van der Waals surface area contributed by atoms with Crippen LogP contribution in [-0.4, -0.2) is 38.4 Å². The third-order valence-electron chi connectivity index (χ3n) is 4.19. The summed E-state index contributed by atoms with van der Waals surface area (Å²) in [6.45, 7) is 1.58. The van der Waals surface area contributed by atoms with Crippen LogP contribution in [0.2, 0.25) is 0 Å². The number of benzene rings is 2. The van der Waals surface area contributed by atoms with Gasteiger partial charge in [-0.25, -0.2) is 0 Å². The van der Waals surface area contributed by atoms with E-state index >= 15 is 0 Å². The molecule has 0 aromatic heterocycles. The normalized spacial score (nSPS) is 13.3. The van der Waals surface area contributed by atoms with Gasteiger partial charge in [0.2, 0.25) is 0 Å². The number of fused-ring (bicyclic) bond motifs is 2. The van der Waals surface area contributed by atoms with Crippen LogP contribution < -0.4 is 4.90 Å². The Balaban J connectivity index is 0.00000261. The number of nitrogens with zero attached hydrogens (tertiary/aromatic N) is 2. The van der Waals surface area contributed by atoms with Crippen molar-refractivity contribution in [2.45, 2.75) is 12.8 Å². The molecule has 2 aromatic rings. The first kappa shape index (κ1) is 21.1. The largest absolute Gasteiger partial charge is 0.573 e. The number of ether oxygens (including phenoxy) is 1. The second kappa shape index (κ2) is 8.67. The Bertz CT molecular complexity index is 806. The van der Waals surface area contributed by atoms with Gasteiger partial charge >= 0.3 is 6.36 Å². The van der Waals surface area contributed by atoms with E-state index in [2.05, 4.69) is 14.5 Å². The molecule has 146 valence electrons. The molecule has 1 aliphatic rings. The zero-order valence-corrected chi connectivity index (χ0v) is 16.0. The number of anilines is 2. The molecule has 0 bridgehead atoms. The second-order valence-corrected chi connectivity index (χ2v) is 6.44. The summed E-state index contributed by atoms with van der Waals surface area (Å²) in [5, 5.41) is 0. The van der Waals surface area contributed by atoms with E-state index < -0.39 is 6.36 Å². The molecular weight excluding hydrogens is 377 g/mol. The van der Waals surface area contributed by atoms with Crippen LogP contribution >= 0.6 is 12.4 Å². The summed E-state index contributed by atoms with van der Waals surface area (Å²) in [6, 6.07) is 14.5. The monoisotopic (exact) mass is 398 g/mol. The minimum atomic E-state index is -4.74. The highest BCUT2D eigenvalue weighted by Gasteiger charge is 2.34. The smallest absolute Gasteiger partial charge is 0.405 e. The first-order valence-corrected chi connectivity index (χ1v) is 8.43. The van der Waals surface area contributed by atoms with Gasteiger partial charge in [0.1, 0.15) is 5.76 Å². The van der Waals surface area contributed by atoms with E-state index in [1.54, 1.807) is 18.2 Å². The summed E-state index contributed by atoms with van der Waals surface area (Å²) in [6.07, 6.45) is -2.40. The maximum atomic E-state index is 12.9. The van der Waals surface area contributed by atoms with E-state index in [-0.39, 0.29) is 18.2 Å². The van der Waals surface area contributed by atoms with Gasteiger partial charge in [-0.05, 0) is 51.3 Å². The lowest BCUT2D eigenvalue weighted by Gasteiger charge is -2.27. The molecule has 0 amide bonds. The SMILES string of the molecule is CN(C)CCCN1c2ccccc2C=C(OC(F)(F)F)c2ccccc21.Cl. The molecule has 0 spiro atoms. The molecule has 27 heavy (non-hydrogen) atoms. The van der Waals surface area contributed by atoms with Gasteiger partial charge in [0.15, 0.2) is 0 Å². The van der Waals surface area contributed by atoms with Crippen molar-refractivity contribution < 1.29 is 17.9 Å². The Kier molecular flexibility index (Phi) is 6.78. The van der Waals surface area contributed by atoms with Crippen LogP contribution in [0.25, 0.3) is 11.8 Å². The maximum Gasteiger partial charge on any atom is 0.573 e. The Morgan fingerprint density at radius 1 is 0.963 bits per heavy atom.